The van der Waals surface area contributed by atoms with Crippen LogP contribution < -0.4 is 9.47 Å². The zero-order chi connectivity index (χ0) is 20.8. The summed E-state index contributed by atoms with van der Waals surface area (Å²) in [6.07, 6.45) is 4.31. The summed E-state index contributed by atoms with van der Waals surface area (Å²) in [5, 5.41) is 0.890. The van der Waals surface area contributed by atoms with E-state index in [-0.39, 0.29) is 12.4 Å². The highest BCUT2D eigenvalue weighted by Crippen LogP contribution is 2.34. The third-order valence-corrected chi connectivity index (χ3v) is 6.11. The fourth-order valence-corrected chi connectivity index (χ4v) is 4.11. The predicted molar refractivity (Wildman–Crippen MR) is 121 cm³/mol. The van der Waals surface area contributed by atoms with Crippen molar-refractivity contribution in [2.24, 2.45) is 0 Å². The molecule has 1 aromatic heterocycles. The summed E-state index contributed by atoms with van der Waals surface area (Å²) in [7, 11) is 1.60. The van der Waals surface area contributed by atoms with Gasteiger partial charge in [-0.2, -0.15) is 0 Å². The van der Waals surface area contributed by atoms with Crippen molar-refractivity contribution in [3.8, 4) is 11.5 Å². The highest BCUT2D eigenvalue weighted by Gasteiger charge is 2.10. The molecule has 2 aromatic carbocycles. The standard InChI is InChI=1S/C23H20Cl2O3S/c1-3-17-9-12-22(29-17)20(26)10-7-15-8-11-21(27-2)16(13-15)14-28-23-18(24)5-4-6-19(23)25/h4-13H,3,14H2,1-2H3/b10-7+. The van der Waals surface area contributed by atoms with Crippen molar-refractivity contribution in [2.75, 3.05) is 7.11 Å². The lowest BCUT2D eigenvalue weighted by molar-refractivity contribution is 0.105. The van der Waals surface area contributed by atoms with Gasteiger partial charge in [-0.1, -0.05) is 48.3 Å². The first-order valence-corrected chi connectivity index (χ1v) is 10.6. The van der Waals surface area contributed by atoms with Gasteiger partial charge in [0.25, 0.3) is 0 Å². The summed E-state index contributed by atoms with van der Waals surface area (Å²) < 4.78 is 11.3. The normalized spacial score (nSPS) is 11.0. The van der Waals surface area contributed by atoms with Crippen molar-refractivity contribution < 1.29 is 14.3 Å². The number of ether oxygens (including phenoxy) is 2. The summed E-state index contributed by atoms with van der Waals surface area (Å²) in [6.45, 7) is 2.31. The number of halogens is 2. The van der Waals surface area contributed by atoms with Crippen molar-refractivity contribution in [2.45, 2.75) is 20.0 Å². The minimum absolute atomic E-state index is 0.00818. The van der Waals surface area contributed by atoms with Gasteiger partial charge < -0.3 is 9.47 Å². The third kappa shape index (κ3) is 5.41. The number of benzene rings is 2. The van der Waals surface area contributed by atoms with Crippen LogP contribution in [0.15, 0.2) is 54.6 Å². The Labute approximate surface area is 184 Å². The molecule has 0 fully saturated rings. The first-order chi connectivity index (χ1) is 14.0. The second-order valence-corrected chi connectivity index (χ2v) is 8.21. The van der Waals surface area contributed by atoms with Crippen LogP contribution >= 0.6 is 34.5 Å². The quantitative estimate of drug-likeness (QED) is 0.273. The first-order valence-electron chi connectivity index (χ1n) is 9.06. The average molecular weight is 447 g/mol. The molecule has 0 spiro atoms. The molecule has 0 N–H and O–H groups in total. The van der Waals surface area contributed by atoms with Crippen LogP contribution in [-0.2, 0) is 13.0 Å². The molecule has 0 radical (unpaired) electrons. The predicted octanol–water partition coefficient (Wildman–Crippen LogP) is 7.10. The van der Waals surface area contributed by atoms with Crippen LogP contribution in [-0.4, -0.2) is 12.9 Å². The van der Waals surface area contributed by atoms with E-state index in [1.807, 2.05) is 30.3 Å². The molecule has 0 atom stereocenters. The van der Waals surface area contributed by atoms with Crippen molar-refractivity contribution in [1.29, 1.82) is 0 Å². The Hall–Kier alpha value is -2.27. The Morgan fingerprint density at radius 2 is 1.86 bits per heavy atom. The highest BCUT2D eigenvalue weighted by atomic mass is 35.5. The fourth-order valence-electron chi connectivity index (χ4n) is 2.74. The Bertz CT molecular complexity index is 1020. The first kappa shape index (κ1) is 21.4. The Morgan fingerprint density at radius 1 is 1.10 bits per heavy atom. The van der Waals surface area contributed by atoms with Gasteiger partial charge in [-0.05, 0) is 54.5 Å². The van der Waals surface area contributed by atoms with Crippen LogP contribution in [0, 0.1) is 0 Å². The molecule has 0 bridgehead atoms. The van der Waals surface area contributed by atoms with Gasteiger partial charge in [0.1, 0.15) is 12.4 Å². The van der Waals surface area contributed by atoms with Gasteiger partial charge in [0, 0.05) is 10.4 Å². The van der Waals surface area contributed by atoms with E-state index in [2.05, 4.69) is 6.92 Å². The molecule has 0 aliphatic rings. The van der Waals surface area contributed by atoms with E-state index in [0.29, 0.717) is 21.5 Å². The Balaban J connectivity index is 1.76. The third-order valence-electron chi connectivity index (χ3n) is 4.28. The molecule has 0 saturated heterocycles. The van der Waals surface area contributed by atoms with Crippen molar-refractivity contribution in [3.05, 3.63) is 85.5 Å². The maximum absolute atomic E-state index is 12.4. The van der Waals surface area contributed by atoms with E-state index in [9.17, 15) is 4.79 Å². The summed E-state index contributed by atoms with van der Waals surface area (Å²) in [5.41, 5.74) is 1.69. The lowest BCUT2D eigenvalue weighted by Gasteiger charge is -2.13. The van der Waals surface area contributed by atoms with Crippen molar-refractivity contribution in [1.82, 2.24) is 0 Å². The lowest BCUT2D eigenvalue weighted by atomic mass is 10.1. The lowest BCUT2D eigenvalue weighted by Crippen LogP contribution is -2.00. The van der Waals surface area contributed by atoms with E-state index < -0.39 is 0 Å². The number of carbonyl (C=O) groups is 1. The van der Waals surface area contributed by atoms with Gasteiger partial charge in [-0.25, -0.2) is 0 Å². The Kier molecular flexibility index (Phi) is 7.37. The zero-order valence-corrected chi connectivity index (χ0v) is 18.4. The molecule has 3 aromatic rings. The number of methoxy groups -OCH3 is 1. The molecule has 150 valence electrons. The molecule has 6 heteroatoms. The molecular weight excluding hydrogens is 427 g/mol. The summed E-state index contributed by atoms with van der Waals surface area (Å²) in [5.74, 6) is 1.10. The topological polar surface area (TPSA) is 35.5 Å². The number of allylic oxidation sites excluding steroid dienone is 1. The molecule has 3 nitrogen and oxygen atoms in total. The number of aryl methyl sites for hydroxylation is 1. The van der Waals surface area contributed by atoms with E-state index >= 15 is 0 Å². The van der Waals surface area contributed by atoms with Gasteiger partial charge in [0.15, 0.2) is 11.5 Å². The number of hydrogen-bond donors (Lipinski definition) is 0. The summed E-state index contributed by atoms with van der Waals surface area (Å²) in [6, 6.07) is 14.7. The van der Waals surface area contributed by atoms with Gasteiger partial charge in [0.05, 0.1) is 22.0 Å². The molecule has 0 saturated carbocycles. The van der Waals surface area contributed by atoms with E-state index in [0.717, 1.165) is 22.4 Å². The zero-order valence-electron chi connectivity index (χ0n) is 16.1. The maximum Gasteiger partial charge on any atom is 0.195 e. The molecule has 0 aliphatic heterocycles. The number of rotatable bonds is 8. The SMILES string of the molecule is CCc1ccc(C(=O)/C=C/c2ccc(OC)c(COc3c(Cl)cccc3Cl)c2)s1. The van der Waals surface area contributed by atoms with Gasteiger partial charge in [-0.3, -0.25) is 4.79 Å². The van der Waals surface area contributed by atoms with Gasteiger partial charge in [-0.15, -0.1) is 11.3 Å². The van der Waals surface area contributed by atoms with E-state index in [1.165, 1.54) is 16.2 Å². The second kappa shape index (κ2) is 9.97. The summed E-state index contributed by atoms with van der Waals surface area (Å²) in [4.78, 5) is 14.3. The molecule has 3 rings (SSSR count). The van der Waals surface area contributed by atoms with E-state index in [1.54, 1.807) is 37.5 Å². The summed E-state index contributed by atoms with van der Waals surface area (Å²) >= 11 is 13.9. The largest absolute Gasteiger partial charge is 0.496 e. The minimum atomic E-state index is -0.00818. The molecule has 0 amide bonds. The second-order valence-electron chi connectivity index (χ2n) is 6.23. The minimum Gasteiger partial charge on any atom is -0.496 e. The molecule has 0 aliphatic carbocycles. The molecular formula is C23H20Cl2O3S. The van der Waals surface area contributed by atoms with Gasteiger partial charge >= 0.3 is 0 Å². The number of carbonyl (C=O) groups excluding carboxylic acids is 1. The number of para-hydroxylation sites is 1. The fraction of sp³-hybridized carbons (Fsp3) is 0.174. The molecule has 0 unspecified atom stereocenters. The van der Waals surface area contributed by atoms with Crippen LogP contribution in [0.4, 0.5) is 0 Å². The van der Waals surface area contributed by atoms with Crippen LogP contribution in [0.3, 0.4) is 0 Å². The number of ketones is 1. The maximum atomic E-state index is 12.4. The van der Waals surface area contributed by atoms with Gasteiger partial charge in [0.2, 0.25) is 0 Å². The molecule has 29 heavy (non-hydrogen) atoms. The number of thiophene rings is 1. The van der Waals surface area contributed by atoms with Crippen LogP contribution in [0.2, 0.25) is 10.0 Å². The van der Waals surface area contributed by atoms with Crippen molar-refractivity contribution >= 4 is 46.4 Å². The molecule has 1 heterocycles. The number of hydrogen-bond acceptors (Lipinski definition) is 4. The highest BCUT2D eigenvalue weighted by molar-refractivity contribution is 7.14. The van der Waals surface area contributed by atoms with Crippen LogP contribution in [0.5, 0.6) is 11.5 Å². The average Bonchev–Trinajstić information content (AvgIpc) is 3.21. The van der Waals surface area contributed by atoms with Crippen molar-refractivity contribution in [3.63, 3.8) is 0 Å². The monoisotopic (exact) mass is 446 g/mol. The Morgan fingerprint density at radius 3 is 2.52 bits per heavy atom. The smallest absolute Gasteiger partial charge is 0.195 e. The van der Waals surface area contributed by atoms with Crippen LogP contribution in [0.25, 0.3) is 6.08 Å². The van der Waals surface area contributed by atoms with E-state index in [4.69, 9.17) is 32.7 Å². The van der Waals surface area contributed by atoms with Crippen LogP contribution in [0.1, 0.15) is 32.6 Å².